The molecule has 18 heavy (non-hydrogen) atoms. The van der Waals surface area contributed by atoms with Crippen LogP contribution in [0.4, 0.5) is 5.69 Å². The van der Waals surface area contributed by atoms with Gasteiger partial charge in [-0.1, -0.05) is 27.3 Å². The molecule has 94 valence electrons. The maximum Gasteiger partial charge on any atom is 0.271 e. The fourth-order valence-electron chi connectivity index (χ4n) is 1.40. The molecule has 0 atom stereocenters. The lowest BCUT2D eigenvalue weighted by molar-refractivity contribution is -0.384. The number of hydrogen-bond donors (Lipinski definition) is 1. The van der Waals surface area contributed by atoms with Crippen LogP contribution in [-0.2, 0) is 6.54 Å². The van der Waals surface area contributed by atoms with E-state index in [9.17, 15) is 10.1 Å². The normalized spacial score (nSPS) is 10.6. The minimum atomic E-state index is -0.427. The summed E-state index contributed by atoms with van der Waals surface area (Å²) >= 11 is 4.67. The molecule has 0 aliphatic rings. The van der Waals surface area contributed by atoms with Crippen LogP contribution in [0.3, 0.4) is 0 Å². The van der Waals surface area contributed by atoms with Crippen LogP contribution in [0.5, 0.6) is 0 Å². The second-order valence-corrected chi connectivity index (χ2v) is 5.46. The van der Waals surface area contributed by atoms with E-state index in [-0.39, 0.29) is 5.69 Å². The van der Waals surface area contributed by atoms with E-state index in [1.807, 2.05) is 7.05 Å². The van der Waals surface area contributed by atoms with Crippen LogP contribution < -0.4 is 5.32 Å². The Balaban J connectivity index is 2.39. The number of halogens is 1. The third-order valence-electron chi connectivity index (χ3n) is 2.14. The number of nitro groups is 1. The maximum atomic E-state index is 10.8. The molecule has 1 N–H and O–H groups in total. The first-order valence-corrected chi connectivity index (χ1v) is 6.63. The molecule has 0 radical (unpaired) electrons. The first kappa shape index (κ1) is 13.1. The predicted molar refractivity (Wildman–Crippen MR) is 72.5 cm³/mol. The van der Waals surface area contributed by atoms with Crippen molar-refractivity contribution in [3.63, 3.8) is 0 Å². The summed E-state index contributed by atoms with van der Waals surface area (Å²) < 4.78 is 0.650. The summed E-state index contributed by atoms with van der Waals surface area (Å²) in [7, 11) is 1.82. The highest BCUT2D eigenvalue weighted by atomic mass is 79.9. The van der Waals surface area contributed by atoms with Crippen molar-refractivity contribution in [2.75, 3.05) is 7.05 Å². The van der Waals surface area contributed by atoms with Crippen molar-refractivity contribution in [2.24, 2.45) is 0 Å². The van der Waals surface area contributed by atoms with Crippen molar-refractivity contribution in [3.8, 4) is 10.6 Å². The molecule has 0 saturated heterocycles. The van der Waals surface area contributed by atoms with Crippen LogP contribution in [0.25, 0.3) is 10.6 Å². The topological polar surface area (TPSA) is 81.0 Å². The summed E-state index contributed by atoms with van der Waals surface area (Å²) in [4.78, 5) is 10.4. The molecule has 2 aromatic rings. The van der Waals surface area contributed by atoms with Gasteiger partial charge in [0.1, 0.15) is 10.0 Å². The number of hydrogen-bond acceptors (Lipinski definition) is 6. The second kappa shape index (κ2) is 5.51. The number of nitro benzene ring substituents is 1. The highest BCUT2D eigenvalue weighted by Crippen LogP contribution is 2.30. The maximum absolute atomic E-state index is 10.8. The molecule has 1 heterocycles. The Morgan fingerprint density at radius 3 is 2.89 bits per heavy atom. The van der Waals surface area contributed by atoms with Gasteiger partial charge in [0, 0.05) is 28.7 Å². The van der Waals surface area contributed by atoms with Crippen LogP contribution in [-0.4, -0.2) is 22.2 Å². The Morgan fingerprint density at radius 2 is 2.22 bits per heavy atom. The van der Waals surface area contributed by atoms with Gasteiger partial charge >= 0.3 is 0 Å². The summed E-state index contributed by atoms with van der Waals surface area (Å²) in [6, 6.07) is 4.74. The van der Waals surface area contributed by atoms with Crippen molar-refractivity contribution >= 4 is 33.0 Å². The lowest BCUT2D eigenvalue weighted by Crippen LogP contribution is -2.04. The standard InChI is InChI=1S/C10H9BrN4O2S/c1-12-5-9-13-14-10(18-9)6-2-7(11)4-8(3-6)15(16)17/h2-4,12H,5H2,1H3. The molecule has 0 fully saturated rings. The highest BCUT2D eigenvalue weighted by Gasteiger charge is 2.13. The quantitative estimate of drug-likeness (QED) is 0.689. The number of nitrogens with one attached hydrogen (secondary N) is 1. The van der Waals surface area contributed by atoms with Gasteiger partial charge in [-0.25, -0.2) is 0 Å². The molecule has 1 aromatic heterocycles. The molecule has 0 bridgehead atoms. The van der Waals surface area contributed by atoms with Gasteiger partial charge in [0.05, 0.1) is 4.92 Å². The Kier molecular flexibility index (Phi) is 4.00. The molecule has 0 spiro atoms. The first-order chi connectivity index (χ1) is 8.60. The predicted octanol–water partition coefficient (Wildman–Crippen LogP) is 2.60. The van der Waals surface area contributed by atoms with E-state index in [4.69, 9.17) is 0 Å². The molecule has 6 nitrogen and oxygen atoms in total. The minimum absolute atomic E-state index is 0.0322. The van der Waals surface area contributed by atoms with Gasteiger partial charge in [0.2, 0.25) is 0 Å². The zero-order valence-electron chi connectivity index (χ0n) is 9.38. The van der Waals surface area contributed by atoms with Crippen molar-refractivity contribution in [1.29, 1.82) is 0 Å². The Morgan fingerprint density at radius 1 is 1.44 bits per heavy atom. The monoisotopic (exact) mass is 328 g/mol. The van der Waals surface area contributed by atoms with E-state index >= 15 is 0 Å². The van der Waals surface area contributed by atoms with Gasteiger partial charge < -0.3 is 5.32 Å². The van der Waals surface area contributed by atoms with E-state index in [2.05, 4.69) is 31.4 Å². The molecule has 0 unspecified atom stereocenters. The summed E-state index contributed by atoms with van der Waals surface area (Å²) in [5.41, 5.74) is 0.723. The van der Waals surface area contributed by atoms with Gasteiger partial charge in [-0.05, 0) is 13.1 Å². The molecule has 0 aliphatic heterocycles. The number of nitrogens with zero attached hydrogens (tertiary/aromatic N) is 3. The fourth-order valence-corrected chi connectivity index (χ4v) is 2.72. The number of rotatable bonds is 4. The molecule has 2 rings (SSSR count). The number of benzene rings is 1. The Hall–Kier alpha value is -1.38. The van der Waals surface area contributed by atoms with Crippen molar-refractivity contribution in [3.05, 3.63) is 37.8 Å². The minimum Gasteiger partial charge on any atom is -0.313 e. The third-order valence-corrected chi connectivity index (χ3v) is 3.57. The third kappa shape index (κ3) is 2.89. The van der Waals surface area contributed by atoms with Gasteiger partial charge in [-0.15, -0.1) is 10.2 Å². The van der Waals surface area contributed by atoms with Crippen LogP contribution in [0, 0.1) is 10.1 Å². The average molecular weight is 329 g/mol. The van der Waals surface area contributed by atoms with Gasteiger partial charge in [-0.2, -0.15) is 0 Å². The zero-order valence-corrected chi connectivity index (χ0v) is 11.8. The molecular weight excluding hydrogens is 320 g/mol. The number of non-ortho nitro benzene ring substituents is 1. The fraction of sp³-hybridized carbons (Fsp3) is 0.200. The van der Waals surface area contributed by atoms with E-state index in [0.29, 0.717) is 21.6 Å². The van der Waals surface area contributed by atoms with E-state index in [1.54, 1.807) is 6.07 Å². The van der Waals surface area contributed by atoms with Crippen LogP contribution in [0.1, 0.15) is 5.01 Å². The van der Waals surface area contributed by atoms with Gasteiger partial charge in [-0.3, -0.25) is 10.1 Å². The van der Waals surface area contributed by atoms with Crippen LogP contribution in [0.15, 0.2) is 22.7 Å². The second-order valence-electron chi connectivity index (χ2n) is 3.49. The molecular formula is C10H9BrN4O2S. The summed E-state index contributed by atoms with van der Waals surface area (Å²) in [5, 5.41) is 23.3. The van der Waals surface area contributed by atoms with Gasteiger partial charge in [0.25, 0.3) is 5.69 Å². The first-order valence-electron chi connectivity index (χ1n) is 5.02. The van der Waals surface area contributed by atoms with E-state index in [0.717, 1.165) is 5.01 Å². The van der Waals surface area contributed by atoms with Crippen LogP contribution in [0.2, 0.25) is 0 Å². The molecule has 8 heteroatoms. The molecule has 0 saturated carbocycles. The van der Waals surface area contributed by atoms with Gasteiger partial charge in [0.15, 0.2) is 0 Å². The SMILES string of the molecule is CNCc1nnc(-c2cc(Br)cc([N+](=O)[O-])c2)s1. The van der Waals surface area contributed by atoms with E-state index < -0.39 is 4.92 Å². The Bertz CT molecular complexity index is 587. The van der Waals surface area contributed by atoms with Crippen molar-refractivity contribution in [2.45, 2.75) is 6.54 Å². The van der Waals surface area contributed by atoms with Crippen molar-refractivity contribution < 1.29 is 4.92 Å². The summed E-state index contributed by atoms with van der Waals surface area (Å²) in [5.74, 6) is 0. The molecule has 1 aromatic carbocycles. The van der Waals surface area contributed by atoms with Crippen molar-refractivity contribution in [1.82, 2.24) is 15.5 Å². The number of aromatic nitrogens is 2. The molecule has 0 amide bonds. The summed E-state index contributed by atoms with van der Waals surface area (Å²) in [6.45, 7) is 0.633. The summed E-state index contributed by atoms with van der Waals surface area (Å²) in [6.07, 6.45) is 0. The largest absolute Gasteiger partial charge is 0.313 e. The Labute approximate surface area is 115 Å². The van der Waals surface area contributed by atoms with Crippen LogP contribution >= 0.6 is 27.3 Å². The lowest BCUT2D eigenvalue weighted by Gasteiger charge is -1.98. The zero-order chi connectivity index (χ0) is 13.1. The lowest BCUT2D eigenvalue weighted by atomic mass is 10.2. The molecule has 0 aliphatic carbocycles. The highest BCUT2D eigenvalue weighted by molar-refractivity contribution is 9.10. The van der Waals surface area contributed by atoms with E-state index in [1.165, 1.54) is 23.5 Å². The average Bonchev–Trinajstić information content (AvgIpc) is 2.77. The smallest absolute Gasteiger partial charge is 0.271 e.